The van der Waals surface area contributed by atoms with Crippen molar-refractivity contribution in [2.45, 2.75) is 12.3 Å². The van der Waals surface area contributed by atoms with Crippen LogP contribution >= 0.6 is 11.6 Å². The number of benzene rings is 1. The molecule has 1 atom stereocenters. The predicted octanol–water partition coefficient (Wildman–Crippen LogP) is 2.33. The number of nitro benzene ring substituents is 1. The first-order chi connectivity index (χ1) is 9.16. The maximum absolute atomic E-state index is 12.7. The molecule has 10 heteroatoms. The molecular formula is C10H10ClF3N2O4. The van der Waals surface area contributed by atoms with Crippen LogP contribution in [0.2, 0.25) is 0 Å². The van der Waals surface area contributed by atoms with E-state index in [1.807, 2.05) is 0 Å². The van der Waals surface area contributed by atoms with Crippen LogP contribution in [0.15, 0.2) is 12.1 Å². The van der Waals surface area contributed by atoms with Gasteiger partial charge in [-0.15, -0.1) is 11.6 Å². The highest BCUT2D eigenvalue weighted by atomic mass is 35.5. The first-order valence-electron chi connectivity index (χ1n) is 5.23. The number of halogens is 4. The zero-order valence-electron chi connectivity index (χ0n) is 9.82. The van der Waals surface area contributed by atoms with Gasteiger partial charge in [0.25, 0.3) is 5.69 Å². The number of rotatable bonds is 5. The fourth-order valence-corrected chi connectivity index (χ4v) is 1.49. The zero-order valence-corrected chi connectivity index (χ0v) is 10.6. The maximum atomic E-state index is 12.7. The highest BCUT2D eigenvalue weighted by Gasteiger charge is 2.39. The zero-order chi connectivity index (χ0) is 15.5. The highest BCUT2D eigenvalue weighted by molar-refractivity contribution is 6.18. The first kappa shape index (κ1) is 16.3. The van der Waals surface area contributed by atoms with Gasteiger partial charge in [-0.05, 0) is 6.07 Å². The number of phenols is 1. The van der Waals surface area contributed by atoms with E-state index in [0.29, 0.717) is 12.1 Å². The van der Waals surface area contributed by atoms with Crippen LogP contribution in [0, 0.1) is 10.1 Å². The Hall–Kier alpha value is -1.74. The Morgan fingerprint density at radius 1 is 1.45 bits per heavy atom. The quantitative estimate of drug-likeness (QED) is 0.335. The number of anilines is 1. The van der Waals surface area contributed by atoms with Gasteiger partial charge in [0.1, 0.15) is 11.3 Å². The molecule has 20 heavy (non-hydrogen) atoms. The third kappa shape index (κ3) is 3.87. The van der Waals surface area contributed by atoms with Gasteiger partial charge in [0.15, 0.2) is 0 Å². The molecular weight excluding hydrogens is 305 g/mol. The summed E-state index contributed by atoms with van der Waals surface area (Å²) in [7, 11) is 0. The van der Waals surface area contributed by atoms with Gasteiger partial charge in [-0.1, -0.05) is 0 Å². The van der Waals surface area contributed by atoms with Crippen molar-refractivity contribution in [3.63, 3.8) is 0 Å². The Labute approximate surface area is 115 Å². The number of alkyl halides is 4. The number of aliphatic hydroxyl groups is 1. The number of nitrogens with zero attached hydrogens (tertiary/aromatic N) is 1. The lowest BCUT2D eigenvalue weighted by Gasteiger charge is -2.14. The monoisotopic (exact) mass is 314 g/mol. The largest absolute Gasteiger partial charge is 0.506 e. The van der Waals surface area contributed by atoms with Crippen molar-refractivity contribution < 1.29 is 28.3 Å². The Kier molecular flexibility index (Phi) is 5.01. The van der Waals surface area contributed by atoms with E-state index in [1.54, 1.807) is 0 Å². The molecule has 1 unspecified atom stereocenters. The van der Waals surface area contributed by atoms with Crippen LogP contribution in [-0.4, -0.2) is 33.7 Å². The van der Waals surface area contributed by atoms with Gasteiger partial charge < -0.3 is 15.5 Å². The standard InChI is InChI=1S/C10H10ClF3N2O4/c11-3-5(17)4-15-7-1-6(10(12,13)14)8(16(19)20)2-9(7)18/h1-2,5,15,17-18H,3-4H2. The minimum absolute atomic E-state index is 0.160. The third-order valence-corrected chi connectivity index (χ3v) is 2.68. The van der Waals surface area contributed by atoms with Gasteiger partial charge in [-0.3, -0.25) is 10.1 Å². The summed E-state index contributed by atoms with van der Waals surface area (Å²) < 4.78 is 38.1. The van der Waals surface area contributed by atoms with Crippen LogP contribution in [-0.2, 0) is 6.18 Å². The molecule has 0 radical (unpaired) electrons. The van der Waals surface area contributed by atoms with Crippen molar-refractivity contribution in [3.8, 4) is 5.75 Å². The fourth-order valence-electron chi connectivity index (χ4n) is 1.38. The molecule has 6 nitrogen and oxygen atoms in total. The van der Waals surface area contributed by atoms with Gasteiger partial charge in [0.05, 0.1) is 28.7 Å². The maximum Gasteiger partial charge on any atom is 0.423 e. The van der Waals surface area contributed by atoms with Gasteiger partial charge in [0, 0.05) is 6.54 Å². The van der Waals surface area contributed by atoms with Gasteiger partial charge in [0.2, 0.25) is 0 Å². The van der Waals surface area contributed by atoms with E-state index >= 15 is 0 Å². The van der Waals surface area contributed by atoms with E-state index in [4.69, 9.17) is 11.6 Å². The summed E-state index contributed by atoms with van der Waals surface area (Å²) in [5, 5.41) is 31.5. The van der Waals surface area contributed by atoms with E-state index < -0.39 is 34.2 Å². The van der Waals surface area contributed by atoms with E-state index in [9.17, 15) is 33.5 Å². The summed E-state index contributed by atoms with van der Waals surface area (Å²) >= 11 is 5.31. The van der Waals surface area contributed by atoms with Gasteiger partial charge in [-0.25, -0.2) is 0 Å². The van der Waals surface area contributed by atoms with Gasteiger partial charge in [-0.2, -0.15) is 13.2 Å². The minimum Gasteiger partial charge on any atom is -0.506 e. The van der Waals surface area contributed by atoms with Crippen molar-refractivity contribution in [1.82, 2.24) is 0 Å². The SMILES string of the molecule is O=[N+]([O-])c1cc(O)c(NCC(O)CCl)cc1C(F)(F)F. The van der Waals surface area contributed by atoms with E-state index in [-0.39, 0.29) is 18.1 Å². The molecule has 1 aromatic rings. The van der Waals surface area contributed by atoms with Crippen molar-refractivity contribution in [1.29, 1.82) is 0 Å². The van der Waals surface area contributed by atoms with Crippen molar-refractivity contribution in [2.24, 2.45) is 0 Å². The Balaban J connectivity index is 3.18. The molecule has 0 amide bonds. The average molecular weight is 315 g/mol. The lowest BCUT2D eigenvalue weighted by molar-refractivity contribution is -0.388. The molecule has 0 heterocycles. The first-order valence-corrected chi connectivity index (χ1v) is 5.76. The molecule has 0 bridgehead atoms. The van der Waals surface area contributed by atoms with Crippen LogP contribution in [0.4, 0.5) is 24.5 Å². The topological polar surface area (TPSA) is 95.6 Å². The normalized spacial score (nSPS) is 13.1. The fraction of sp³-hybridized carbons (Fsp3) is 0.400. The second kappa shape index (κ2) is 6.14. The van der Waals surface area contributed by atoms with E-state index in [0.717, 1.165) is 0 Å². The lowest BCUT2D eigenvalue weighted by Crippen LogP contribution is -2.21. The number of phenolic OH excluding ortho intramolecular Hbond substituents is 1. The third-order valence-electron chi connectivity index (χ3n) is 2.32. The lowest BCUT2D eigenvalue weighted by atomic mass is 10.1. The highest BCUT2D eigenvalue weighted by Crippen LogP contribution is 2.41. The summed E-state index contributed by atoms with van der Waals surface area (Å²) in [5.41, 5.74) is -3.13. The summed E-state index contributed by atoms with van der Waals surface area (Å²) in [6.45, 7) is -0.216. The average Bonchev–Trinajstić information content (AvgIpc) is 2.34. The summed E-state index contributed by atoms with van der Waals surface area (Å²) in [6, 6.07) is 0.812. The second-order valence-electron chi connectivity index (χ2n) is 3.83. The molecule has 0 aliphatic heterocycles. The summed E-state index contributed by atoms with van der Waals surface area (Å²) in [4.78, 5) is 9.32. The predicted molar refractivity (Wildman–Crippen MR) is 65.0 cm³/mol. The number of hydrogen-bond acceptors (Lipinski definition) is 5. The Morgan fingerprint density at radius 2 is 2.05 bits per heavy atom. The molecule has 0 spiro atoms. The molecule has 0 aromatic heterocycles. The Morgan fingerprint density at radius 3 is 2.50 bits per heavy atom. The van der Waals surface area contributed by atoms with Gasteiger partial charge >= 0.3 is 6.18 Å². The van der Waals surface area contributed by atoms with Crippen LogP contribution in [0.5, 0.6) is 5.75 Å². The van der Waals surface area contributed by atoms with E-state index in [1.165, 1.54) is 0 Å². The molecule has 1 rings (SSSR count). The molecule has 0 fully saturated rings. The molecule has 0 saturated carbocycles. The number of aromatic hydroxyl groups is 1. The molecule has 112 valence electrons. The van der Waals surface area contributed by atoms with E-state index in [2.05, 4.69) is 5.32 Å². The molecule has 1 aromatic carbocycles. The molecule has 0 aliphatic carbocycles. The summed E-state index contributed by atoms with van der Waals surface area (Å²) in [6.07, 6.45) is -5.99. The number of nitrogens with one attached hydrogen (secondary N) is 1. The molecule has 0 saturated heterocycles. The number of hydrogen-bond donors (Lipinski definition) is 3. The van der Waals surface area contributed by atoms with Crippen LogP contribution in [0.3, 0.4) is 0 Å². The summed E-state index contributed by atoms with van der Waals surface area (Å²) in [5.74, 6) is -0.890. The van der Waals surface area contributed by atoms with Crippen LogP contribution in [0.1, 0.15) is 5.56 Å². The van der Waals surface area contributed by atoms with Crippen molar-refractivity contribution >= 4 is 23.0 Å². The molecule has 0 aliphatic rings. The Bertz CT molecular complexity index is 510. The van der Waals surface area contributed by atoms with Crippen molar-refractivity contribution in [3.05, 3.63) is 27.8 Å². The minimum atomic E-state index is -4.95. The van der Waals surface area contributed by atoms with Crippen molar-refractivity contribution in [2.75, 3.05) is 17.7 Å². The van der Waals surface area contributed by atoms with Crippen LogP contribution < -0.4 is 5.32 Å². The molecule has 3 N–H and O–H groups in total. The number of nitro groups is 1. The smallest absolute Gasteiger partial charge is 0.423 e. The van der Waals surface area contributed by atoms with Crippen LogP contribution in [0.25, 0.3) is 0 Å². The second-order valence-corrected chi connectivity index (χ2v) is 4.14. The number of aliphatic hydroxyl groups excluding tert-OH is 1.